The molecule has 3 N–H and O–H groups in total. The van der Waals surface area contributed by atoms with E-state index >= 15 is 0 Å². The fraction of sp³-hybridized carbons (Fsp3) is 0.400. The Labute approximate surface area is 92.5 Å². The standard InChI is InChI=1S/C10H13BF2O3/c1-6-4-7(11(15)16)2-3-8(6)9(5-14)10(12)13/h2-4,9-10,14-16H,5H2,1H3. The predicted octanol–water partition coefficient (Wildman–Crippen LogP) is 0.0158. The van der Waals surface area contributed by atoms with Crippen molar-refractivity contribution in [3.05, 3.63) is 29.3 Å². The van der Waals surface area contributed by atoms with Gasteiger partial charge >= 0.3 is 7.12 Å². The minimum atomic E-state index is -2.64. The van der Waals surface area contributed by atoms with Crippen molar-refractivity contribution in [2.75, 3.05) is 6.61 Å². The van der Waals surface area contributed by atoms with Crippen LogP contribution in [-0.2, 0) is 0 Å². The lowest BCUT2D eigenvalue weighted by Crippen LogP contribution is -2.30. The topological polar surface area (TPSA) is 60.7 Å². The minimum Gasteiger partial charge on any atom is -0.423 e. The second-order valence-corrected chi connectivity index (χ2v) is 3.61. The normalized spacial score (nSPS) is 12.9. The molecule has 0 heterocycles. The van der Waals surface area contributed by atoms with Crippen LogP contribution in [0.1, 0.15) is 17.0 Å². The molecule has 1 aromatic carbocycles. The van der Waals surface area contributed by atoms with Crippen LogP contribution in [0, 0.1) is 6.92 Å². The van der Waals surface area contributed by atoms with Crippen LogP contribution in [0.2, 0.25) is 0 Å². The van der Waals surface area contributed by atoms with Crippen LogP contribution in [-0.4, -0.2) is 35.3 Å². The highest BCUT2D eigenvalue weighted by molar-refractivity contribution is 6.58. The maximum atomic E-state index is 12.6. The smallest absolute Gasteiger partial charge is 0.423 e. The van der Waals surface area contributed by atoms with Crippen LogP contribution < -0.4 is 5.46 Å². The molecule has 0 aliphatic heterocycles. The zero-order chi connectivity index (χ0) is 12.3. The van der Waals surface area contributed by atoms with Gasteiger partial charge in [0.05, 0.1) is 12.5 Å². The third-order valence-corrected chi connectivity index (χ3v) is 2.49. The third-order valence-electron chi connectivity index (χ3n) is 2.49. The second-order valence-electron chi connectivity index (χ2n) is 3.61. The van der Waals surface area contributed by atoms with Crippen LogP contribution in [0.3, 0.4) is 0 Å². The maximum Gasteiger partial charge on any atom is 0.488 e. The van der Waals surface area contributed by atoms with Crippen molar-refractivity contribution < 1.29 is 23.9 Å². The lowest BCUT2D eigenvalue weighted by atomic mass is 9.78. The van der Waals surface area contributed by atoms with Crippen LogP contribution in [0.25, 0.3) is 0 Å². The molecule has 0 saturated heterocycles. The summed E-state index contributed by atoms with van der Waals surface area (Å²) < 4.78 is 25.1. The number of aryl methyl sites for hydroxylation is 1. The van der Waals surface area contributed by atoms with Gasteiger partial charge in [-0.05, 0) is 23.5 Å². The average Bonchev–Trinajstić information content (AvgIpc) is 2.20. The Bertz CT molecular complexity index is 358. The average molecular weight is 230 g/mol. The Morgan fingerprint density at radius 1 is 1.31 bits per heavy atom. The molecule has 0 saturated carbocycles. The second kappa shape index (κ2) is 5.38. The Morgan fingerprint density at radius 3 is 2.31 bits per heavy atom. The summed E-state index contributed by atoms with van der Waals surface area (Å²) in [7, 11) is -1.62. The highest BCUT2D eigenvalue weighted by atomic mass is 19.3. The number of halogens is 2. The van der Waals surface area contributed by atoms with Crippen molar-refractivity contribution in [3.63, 3.8) is 0 Å². The molecule has 0 aromatic heterocycles. The first-order valence-electron chi connectivity index (χ1n) is 4.83. The lowest BCUT2D eigenvalue weighted by molar-refractivity contribution is 0.0808. The van der Waals surface area contributed by atoms with Gasteiger partial charge in [-0.3, -0.25) is 0 Å². The summed E-state index contributed by atoms with van der Waals surface area (Å²) in [5.41, 5.74) is 1.07. The van der Waals surface area contributed by atoms with E-state index in [1.807, 2.05) is 0 Å². The van der Waals surface area contributed by atoms with E-state index in [1.165, 1.54) is 18.2 Å². The van der Waals surface area contributed by atoms with Crippen molar-refractivity contribution in [1.29, 1.82) is 0 Å². The number of rotatable bonds is 4. The maximum absolute atomic E-state index is 12.6. The largest absolute Gasteiger partial charge is 0.488 e. The molecule has 3 nitrogen and oxygen atoms in total. The number of alkyl halides is 2. The van der Waals surface area contributed by atoms with Gasteiger partial charge < -0.3 is 15.2 Å². The molecule has 0 amide bonds. The summed E-state index contributed by atoms with van der Waals surface area (Å²) in [5, 5.41) is 26.7. The molecule has 1 rings (SSSR count). The first-order chi connectivity index (χ1) is 7.47. The molecule has 88 valence electrons. The van der Waals surface area contributed by atoms with Crippen molar-refractivity contribution in [3.8, 4) is 0 Å². The Kier molecular flexibility index (Phi) is 4.40. The lowest BCUT2D eigenvalue weighted by Gasteiger charge is -2.16. The Morgan fingerprint density at radius 2 is 1.94 bits per heavy atom. The van der Waals surface area contributed by atoms with E-state index in [2.05, 4.69) is 0 Å². The fourth-order valence-corrected chi connectivity index (χ4v) is 1.59. The van der Waals surface area contributed by atoms with Crippen LogP contribution >= 0.6 is 0 Å². The van der Waals surface area contributed by atoms with E-state index < -0.39 is 26.1 Å². The van der Waals surface area contributed by atoms with E-state index in [0.717, 1.165) is 0 Å². The Hall–Kier alpha value is -0.975. The number of hydrogen-bond acceptors (Lipinski definition) is 3. The predicted molar refractivity (Wildman–Crippen MR) is 56.8 cm³/mol. The number of aliphatic hydroxyl groups excluding tert-OH is 1. The van der Waals surface area contributed by atoms with E-state index in [1.54, 1.807) is 6.92 Å². The van der Waals surface area contributed by atoms with Crippen molar-refractivity contribution >= 4 is 12.6 Å². The monoisotopic (exact) mass is 230 g/mol. The van der Waals surface area contributed by atoms with Crippen LogP contribution in [0.4, 0.5) is 8.78 Å². The van der Waals surface area contributed by atoms with Gasteiger partial charge in [-0.1, -0.05) is 18.2 Å². The van der Waals surface area contributed by atoms with Gasteiger partial charge in [0, 0.05) is 0 Å². The van der Waals surface area contributed by atoms with Gasteiger partial charge in [0.25, 0.3) is 0 Å². The SMILES string of the molecule is Cc1cc(B(O)O)ccc1C(CO)C(F)F. The van der Waals surface area contributed by atoms with E-state index in [0.29, 0.717) is 11.1 Å². The van der Waals surface area contributed by atoms with Crippen molar-refractivity contribution in [2.24, 2.45) is 0 Å². The molecule has 1 unspecified atom stereocenters. The van der Waals surface area contributed by atoms with E-state index in [9.17, 15) is 8.78 Å². The van der Waals surface area contributed by atoms with E-state index in [-0.39, 0.29) is 5.46 Å². The highest BCUT2D eigenvalue weighted by Crippen LogP contribution is 2.24. The summed E-state index contributed by atoms with van der Waals surface area (Å²) in [6, 6.07) is 4.17. The summed E-state index contributed by atoms with van der Waals surface area (Å²) >= 11 is 0. The molecular weight excluding hydrogens is 217 g/mol. The molecule has 1 atom stereocenters. The molecule has 0 radical (unpaired) electrons. The molecule has 16 heavy (non-hydrogen) atoms. The van der Waals surface area contributed by atoms with Gasteiger partial charge in [0.2, 0.25) is 6.43 Å². The molecule has 0 bridgehead atoms. The quantitative estimate of drug-likeness (QED) is 0.639. The summed E-state index contributed by atoms with van der Waals surface area (Å²) in [4.78, 5) is 0. The van der Waals surface area contributed by atoms with E-state index in [4.69, 9.17) is 15.2 Å². The van der Waals surface area contributed by atoms with Gasteiger partial charge in [-0.25, -0.2) is 8.78 Å². The highest BCUT2D eigenvalue weighted by Gasteiger charge is 2.24. The summed E-state index contributed by atoms with van der Waals surface area (Å²) in [6.45, 7) is 0.950. The van der Waals surface area contributed by atoms with Crippen LogP contribution in [0.15, 0.2) is 18.2 Å². The third kappa shape index (κ3) is 2.78. The number of benzene rings is 1. The molecule has 0 spiro atoms. The first kappa shape index (κ1) is 13.1. The molecule has 0 aliphatic rings. The molecule has 1 aromatic rings. The van der Waals surface area contributed by atoms with Gasteiger partial charge in [0.1, 0.15) is 0 Å². The molecular formula is C10H13BF2O3. The first-order valence-corrected chi connectivity index (χ1v) is 4.83. The molecule has 0 aliphatic carbocycles. The number of hydrogen-bond donors (Lipinski definition) is 3. The summed E-state index contributed by atoms with van der Waals surface area (Å²) in [5.74, 6) is -1.23. The Balaban J connectivity index is 3.06. The minimum absolute atomic E-state index is 0.243. The van der Waals surface area contributed by atoms with Crippen molar-refractivity contribution in [1.82, 2.24) is 0 Å². The molecule has 6 heteroatoms. The van der Waals surface area contributed by atoms with Crippen LogP contribution in [0.5, 0.6) is 0 Å². The zero-order valence-electron chi connectivity index (χ0n) is 8.77. The number of aliphatic hydroxyl groups is 1. The molecule has 0 fully saturated rings. The van der Waals surface area contributed by atoms with Gasteiger partial charge in [-0.2, -0.15) is 0 Å². The van der Waals surface area contributed by atoms with Gasteiger partial charge in [0.15, 0.2) is 0 Å². The summed E-state index contributed by atoms with van der Waals surface area (Å²) in [6.07, 6.45) is -2.64. The van der Waals surface area contributed by atoms with Crippen molar-refractivity contribution in [2.45, 2.75) is 19.3 Å². The fourth-order valence-electron chi connectivity index (χ4n) is 1.59. The van der Waals surface area contributed by atoms with Gasteiger partial charge in [-0.15, -0.1) is 0 Å². The zero-order valence-corrected chi connectivity index (χ0v) is 8.77.